The number of carboxylic acid groups (broad SMARTS) is 1. The highest BCUT2D eigenvalue weighted by Crippen LogP contribution is 2.37. The molecule has 1 heterocycles. The highest BCUT2D eigenvalue weighted by atomic mass is 16.6. The summed E-state index contributed by atoms with van der Waals surface area (Å²) in [5.74, 6) is -5.96. The number of rotatable bonds is 26. The first-order valence-electron chi connectivity index (χ1n) is 19.1. The average Bonchev–Trinajstić information content (AvgIpc) is 3.09. The number of carbonyl (C=O) groups is 2. The quantitative estimate of drug-likeness (QED) is 0.0348. The molecule has 55 heavy (non-hydrogen) atoms. The van der Waals surface area contributed by atoms with Gasteiger partial charge < -0.3 is 55.4 Å². The number of carboxylic acids is 1. The summed E-state index contributed by atoms with van der Waals surface area (Å²) < 4.78 is 11.1. The molecule has 1 fully saturated rings. The summed E-state index contributed by atoms with van der Waals surface area (Å²) in [6.07, 6.45) is 11.8. The third-order valence-electron chi connectivity index (χ3n) is 9.68. The van der Waals surface area contributed by atoms with Crippen molar-refractivity contribution in [2.24, 2.45) is 17.8 Å². The van der Waals surface area contributed by atoms with Crippen LogP contribution in [0.3, 0.4) is 0 Å². The van der Waals surface area contributed by atoms with Gasteiger partial charge in [0.1, 0.15) is 12.0 Å². The van der Waals surface area contributed by atoms with Crippen molar-refractivity contribution in [3.05, 3.63) is 85.6 Å². The van der Waals surface area contributed by atoms with Crippen LogP contribution in [0.5, 0.6) is 0 Å². The Hall–Kier alpha value is -3.24. The maximum atomic E-state index is 12.5. The van der Waals surface area contributed by atoms with Gasteiger partial charge in [0.2, 0.25) is 0 Å². The lowest BCUT2D eigenvalue weighted by molar-refractivity contribution is -0.298. The highest BCUT2D eigenvalue weighted by molar-refractivity contribution is 5.71. The first-order chi connectivity index (χ1) is 25.9. The van der Waals surface area contributed by atoms with Crippen molar-refractivity contribution in [2.75, 3.05) is 0 Å². The molecular weight excluding hydrogens is 712 g/mol. The van der Waals surface area contributed by atoms with Crippen LogP contribution in [-0.4, -0.2) is 119 Å². The second-order valence-corrected chi connectivity index (χ2v) is 14.5. The second kappa shape index (κ2) is 26.6. The van der Waals surface area contributed by atoms with E-state index in [1.807, 2.05) is 67.7 Å². The minimum absolute atomic E-state index is 0.0502. The van der Waals surface area contributed by atoms with E-state index in [4.69, 9.17) is 9.47 Å². The minimum Gasteiger partial charge on any atom is -0.481 e. The Morgan fingerprint density at radius 2 is 1.45 bits per heavy atom. The third kappa shape index (κ3) is 20.0. The fourth-order valence-corrected chi connectivity index (χ4v) is 6.38. The van der Waals surface area contributed by atoms with Crippen LogP contribution in [0, 0.1) is 17.8 Å². The van der Waals surface area contributed by atoms with E-state index in [1.54, 1.807) is 39.0 Å². The van der Waals surface area contributed by atoms with Crippen LogP contribution < -0.4 is 0 Å². The van der Waals surface area contributed by atoms with Gasteiger partial charge >= 0.3 is 11.9 Å². The molecule has 0 radical (unpaired) electrons. The van der Waals surface area contributed by atoms with Gasteiger partial charge in [-0.05, 0) is 46.0 Å². The van der Waals surface area contributed by atoms with Crippen LogP contribution in [0.4, 0.5) is 0 Å². The Morgan fingerprint density at radius 1 is 0.855 bits per heavy atom. The number of hydrogen-bond acceptors (Lipinski definition) is 12. The monoisotopic (exact) mass is 778 g/mol. The molecule has 1 aliphatic heterocycles. The van der Waals surface area contributed by atoms with Gasteiger partial charge in [0.25, 0.3) is 0 Å². The summed E-state index contributed by atoms with van der Waals surface area (Å²) in [5.41, 5.74) is 0. The molecule has 0 saturated carbocycles. The van der Waals surface area contributed by atoms with Crippen molar-refractivity contribution in [3.8, 4) is 0 Å². The van der Waals surface area contributed by atoms with E-state index in [9.17, 15) is 55.5 Å². The number of allylic oxidation sites excluding steroid dienone is 12. The summed E-state index contributed by atoms with van der Waals surface area (Å²) in [7, 11) is 0. The Bertz CT molecular complexity index is 1310. The van der Waals surface area contributed by atoms with Crippen molar-refractivity contribution in [2.45, 2.75) is 146 Å². The molecule has 13 atom stereocenters. The van der Waals surface area contributed by atoms with Gasteiger partial charge in [0.05, 0.1) is 55.3 Å². The van der Waals surface area contributed by atoms with E-state index >= 15 is 0 Å². The van der Waals surface area contributed by atoms with Crippen LogP contribution >= 0.6 is 0 Å². The molecule has 0 aromatic carbocycles. The molecule has 13 nitrogen and oxygen atoms in total. The highest BCUT2D eigenvalue weighted by Gasteiger charge is 2.49. The van der Waals surface area contributed by atoms with Crippen molar-refractivity contribution in [3.63, 3.8) is 0 Å². The molecule has 0 unspecified atom stereocenters. The Morgan fingerprint density at radius 3 is 2.04 bits per heavy atom. The first kappa shape index (κ1) is 49.8. The van der Waals surface area contributed by atoms with E-state index in [0.717, 1.165) is 0 Å². The Kier molecular flexibility index (Phi) is 24.1. The SMILES string of the molecule is C=C/C=C/C=C/C=C/C=C/C=C/[C@H](C)[C@@H](O)[C@@H](C)[C@H](C)OC(=O)C[C@H](O)C[C@H](O)CC[C@@H](O)[C@H](O)C[C@H](O)C[C@]1(O)C[C@H](O)[C@@H](C(=O)O)[C@H](CC/C=C/C)O1. The average molecular weight is 779 g/mol. The van der Waals surface area contributed by atoms with Gasteiger partial charge in [-0.1, -0.05) is 99.4 Å². The van der Waals surface area contributed by atoms with Crippen molar-refractivity contribution >= 4 is 11.9 Å². The van der Waals surface area contributed by atoms with E-state index < -0.39 is 104 Å². The summed E-state index contributed by atoms with van der Waals surface area (Å²) in [4.78, 5) is 24.3. The standard InChI is InChI=1S/C42H66O13/c1-6-8-10-11-12-13-14-15-16-18-19-28(3)40(50)29(4)30(5)54-38(49)25-32(44)23-31(43)21-22-34(46)35(47)24-33(45)26-42(53)27-36(48)39(41(51)52)37(55-42)20-17-9-7-2/h6-16,18-19,28-37,39-40,43-48,50,53H,1,17,20-27H2,2-5H3,(H,51,52)/b9-7+,10-8+,12-11+,14-13+,16-15+,19-18+/t28-,29-,30-,31+,32+,33-,34+,35+,36-,37-,39+,40+,42+/m0/s1. The maximum absolute atomic E-state index is 12.5. The van der Waals surface area contributed by atoms with E-state index in [-0.39, 0.29) is 38.0 Å². The lowest BCUT2D eigenvalue weighted by Crippen LogP contribution is -2.55. The summed E-state index contributed by atoms with van der Waals surface area (Å²) in [5, 5.41) is 94.2. The normalized spacial score (nSPS) is 26.1. The number of aliphatic carboxylic acids is 1. The molecule has 0 bridgehead atoms. The van der Waals surface area contributed by atoms with E-state index in [2.05, 4.69) is 6.58 Å². The van der Waals surface area contributed by atoms with Crippen molar-refractivity contribution < 1.29 is 65.0 Å². The fourth-order valence-electron chi connectivity index (χ4n) is 6.38. The van der Waals surface area contributed by atoms with Gasteiger partial charge in [0.15, 0.2) is 5.79 Å². The molecule has 0 aromatic rings. The Balaban J connectivity index is 2.50. The van der Waals surface area contributed by atoms with Crippen molar-refractivity contribution in [1.29, 1.82) is 0 Å². The molecule has 1 aliphatic rings. The zero-order chi connectivity index (χ0) is 41.6. The molecule has 1 rings (SSSR count). The van der Waals surface area contributed by atoms with Crippen LogP contribution in [0.2, 0.25) is 0 Å². The molecule has 0 aliphatic carbocycles. The molecule has 13 heteroatoms. The number of aliphatic hydroxyl groups excluding tert-OH is 7. The van der Waals surface area contributed by atoms with Gasteiger partial charge in [-0.25, -0.2) is 0 Å². The summed E-state index contributed by atoms with van der Waals surface area (Å²) >= 11 is 0. The molecule has 0 spiro atoms. The zero-order valence-corrected chi connectivity index (χ0v) is 32.7. The largest absolute Gasteiger partial charge is 0.481 e. The topological polar surface area (TPSA) is 235 Å². The summed E-state index contributed by atoms with van der Waals surface area (Å²) in [6.45, 7) is 10.6. The van der Waals surface area contributed by atoms with Gasteiger partial charge in [0, 0.05) is 31.1 Å². The van der Waals surface area contributed by atoms with Crippen LogP contribution in [-0.2, 0) is 19.1 Å². The van der Waals surface area contributed by atoms with Gasteiger partial charge in [-0.3, -0.25) is 9.59 Å². The van der Waals surface area contributed by atoms with Gasteiger partial charge in [-0.15, -0.1) is 0 Å². The molecule has 0 amide bonds. The minimum atomic E-state index is -2.06. The smallest absolute Gasteiger partial charge is 0.311 e. The lowest BCUT2D eigenvalue weighted by Gasteiger charge is -2.44. The van der Waals surface area contributed by atoms with E-state index in [1.165, 1.54) is 0 Å². The van der Waals surface area contributed by atoms with Crippen LogP contribution in [0.15, 0.2) is 85.6 Å². The Labute approximate surface area is 326 Å². The second-order valence-electron chi connectivity index (χ2n) is 14.5. The van der Waals surface area contributed by atoms with Crippen LogP contribution in [0.25, 0.3) is 0 Å². The summed E-state index contributed by atoms with van der Waals surface area (Å²) in [6, 6.07) is 0. The van der Waals surface area contributed by atoms with E-state index in [0.29, 0.717) is 6.42 Å². The molecule has 312 valence electrons. The molecule has 9 N–H and O–H groups in total. The number of aliphatic hydroxyl groups is 8. The lowest BCUT2D eigenvalue weighted by atomic mass is 9.83. The first-order valence-corrected chi connectivity index (χ1v) is 19.1. The number of hydrogen-bond donors (Lipinski definition) is 9. The molecule has 0 aromatic heterocycles. The molecular formula is C42H66O13. The predicted molar refractivity (Wildman–Crippen MR) is 209 cm³/mol. The fraction of sp³-hybridized carbons (Fsp3) is 0.619. The van der Waals surface area contributed by atoms with Crippen molar-refractivity contribution in [1.82, 2.24) is 0 Å². The predicted octanol–water partition coefficient (Wildman–Crippen LogP) is 3.56. The number of esters is 1. The molecule has 1 saturated heterocycles. The van der Waals surface area contributed by atoms with Gasteiger partial charge in [-0.2, -0.15) is 0 Å². The number of ether oxygens (including phenoxy) is 2. The third-order valence-corrected chi connectivity index (χ3v) is 9.68. The zero-order valence-electron chi connectivity index (χ0n) is 32.7. The maximum Gasteiger partial charge on any atom is 0.311 e. The number of carbonyl (C=O) groups excluding carboxylic acids is 1. The van der Waals surface area contributed by atoms with Crippen LogP contribution in [0.1, 0.15) is 85.5 Å².